The van der Waals surface area contributed by atoms with Gasteiger partial charge in [0.1, 0.15) is 0 Å². The second-order valence-corrected chi connectivity index (χ2v) is 5.03. The molecule has 0 aliphatic heterocycles. The van der Waals surface area contributed by atoms with Gasteiger partial charge in [-0.05, 0) is 12.1 Å². The van der Waals surface area contributed by atoms with Crippen LogP contribution >= 0.6 is 11.3 Å². The molecule has 2 heterocycles. The minimum absolute atomic E-state index is 0.0236. The minimum Gasteiger partial charge on any atom is -0.336 e. The van der Waals surface area contributed by atoms with Crippen molar-refractivity contribution in [1.82, 2.24) is 20.1 Å². The first-order valence-corrected chi connectivity index (χ1v) is 6.74. The van der Waals surface area contributed by atoms with Crippen molar-refractivity contribution in [1.29, 1.82) is 0 Å². The molecule has 0 saturated carbocycles. The van der Waals surface area contributed by atoms with Crippen LogP contribution in [0.2, 0.25) is 0 Å². The summed E-state index contributed by atoms with van der Waals surface area (Å²) in [6, 6.07) is 5.53. The van der Waals surface area contributed by atoms with Crippen LogP contribution in [-0.4, -0.2) is 33.0 Å². The van der Waals surface area contributed by atoms with Crippen molar-refractivity contribution in [3.63, 3.8) is 0 Å². The minimum atomic E-state index is -0.0236. The summed E-state index contributed by atoms with van der Waals surface area (Å²) in [6.07, 6.45) is 1.74. The van der Waals surface area contributed by atoms with Crippen molar-refractivity contribution >= 4 is 28.1 Å². The average molecular weight is 272 g/mol. The zero-order valence-electron chi connectivity index (χ0n) is 10.3. The van der Waals surface area contributed by atoms with Gasteiger partial charge in [-0.25, -0.2) is 4.98 Å². The first kappa shape index (κ1) is 11.9. The molecule has 19 heavy (non-hydrogen) atoms. The van der Waals surface area contributed by atoms with Gasteiger partial charge in [0.25, 0.3) is 5.91 Å². The molecule has 3 rings (SSSR count). The van der Waals surface area contributed by atoms with E-state index in [2.05, 4.69) is 15.2 Å². The summed E-state index contributed by atoms with van der Waals surface area (Å²) in [7, 11) is 1.78. The van der Waals surface area contributed by atoms with Gasteiger partial charge in [0, 0.05) is 23.4 Å². The molecule has 0 radical (unpaired) electrons. The number of carbonyl (C=O) groups is 1. The third kappa shape index (κ3) is 2.34. The maximum absolute atomic E-state index is 12.3. The zero-order valence-corrected chi connectivity index (χ0v) is 11.1. The molecule has 0 aliphatic rings. The lowest BCUT2D eigenvalue weighted by Gasteiger charge is -2.15. The van der Waals surface area contributed by atoms with Gasteiger partial charge >= 0.3 is 0 Å². The van der Waals surface area contributed by atoms with Gasteiger partial charge in [-0.15, -0.1) is 11.3 Å². The van der Waals surface area contributed by atoms with Crippen molar-refractivity contribution in [3.8, 4) is 0 Å². The van der Waals surface area contributed by atoms with Gasteiger partial charge in [-0.1, -0.05) is 6.07 Å². The van der Waals surface area contributed by atoms with Gasteiger partial charge < -0.3 is 4.90 Å². The number of hydrogen-bond donors (Lipinski definition) is 1. The second kappa shape index (κ2) is 4.81. The first-order valence-electron chi connectivity index (χ1n) is 5.80. The summed E-state index contributed by atoms with van der Waals surface area (Å²) in [5.41, 5.74) is 4.19. The van der Waals surface area contributed by atoms with Crippen molar-refractivity contribution in [2.75, 3.05) is 7.05 Å². The number of benzene rings is 1. The highest BCUT2D eigenvalue weighted by molar-refractivity contribution is 7.07. The number of thiazole rings is 1. The topological polar surface area (TPSA) is 61.9 Å². The Morgan fingerprint density at radius 2 is 2.37 bits per heavy atom. The summed E-state index contributed by atoms with van der Waals surface area (Å²) < 4.78 is 0. The molecule has 6 heteroatoms. The average Bonchev–Trinajstić information content (AvgIpc) is 3.07. The van der Waals surface area contributed by atoms with E-state index in [-0.39, 0.29) is 5.91 Å². The lowest BCUT2D eigenvalue weighted by molar-refractivity contribution is 0.0784. The fraction of sp³-hybridized carbons (Fsp3) is 0.154. The van der Waals surface area contributed by atoms with Crippen molar-refractivity contribution in [3.05, 3.63) is 46.5 Å². The smallest absolute Gasteiger partial charge is 0.254 e. The van der Waals surface area contributed by atoms with E-state index in [0.29, 0.717) is 12.1 Å². The Morgan fingerprint density at radius 3 is 3.16 bits per heavy atom. The highest BCUT2D eigenvalue weighted by Gasteiger charge is 2.13. The number of nitrogens with one attached hydrogen (secondary N) is 1. The maximum atomic E-state index is 12.3. The molecule has 0 atom stereocenters. The van der Waals surface area contributed by atoms with E-state index < -0.39 is 0 Å². The molecule has 96 valence electrons. The highest BCUT2D eigenvalue weighted by atomic mass is 32.1. The normalized spacial score (nSPS) is 10.8. The summed E-state index contributed by atoms with van der Waals surface area (Å²) in [6.45, 7) is 0.517. The number of rotatable bonds is 3. The molecule has 0 saturated heterocycles. The van der Waals surface area contributed by atoms with E-state index in [1.54, 1.807) is 23.7 Å². The zero-order chi connectivity index (χ0) is 13.2. The molecule has 0 aliphatic carbocycles. The van der Waals surface area contributed by atoms with E-state index in [0.717, 1.165) is 16.6 Å². The quantitative estimate of drug-likeness (QED) is 0.795. The first-order chi connectivity index (χ1) is 9.24. The van der Waals surface area contributed by atoms with Crippen LogP contribution in [0.4, 0.5) is 0 Å². The fourth-order valence-electron chi connectivity index (χ4n) is 1.92. The van der Waals surface area contributed by atoms with Crippen LogP contribution in [0, 0.1) is 0 Å². The summed E-state index contributed by atoms with van der Waals surface area (Å²) in [5, 5.41) is 9.76. The highest BCUT2D eigenvalue weighted by Crippen LogP contribution is 2.15. The number of nitrogens with zero attached hydrogens (tertiary/aromatic N) is 3. The molecule has 2 aromatic heterocycles. The third-order valence-corrected chi connectivity index (χ3v) is 3.55. The van der Waals surface area contributed by atoms with Gasteiger partial charge in [0.05, 0.1) is 29.5 Å². The van der Waals surface area contributed by atoms with Crippen LogP contribution in [0.1, 0.15) is 16.1 Å². The van der Waals surface area contributed by atoms with E-state index in [9.17, 15) is 4.79 Å². The second-order valence-electron chi connectivity index (χ2n) is 4.31. The molecule has 3 aromatic rings. The molecular formula is C13H12N4OS. The monoisotopic (exact) mass is 272 g/mol. The number of H-pyrrole nitrogens is 1. The summed E-state index contributed by atoms with van der Waals surface area (Å²) >= 11 is 1.53. The maximum Gasteiger partial charge on any atom is 0.254 e. The number of amides is 1. The molecule has 1 N–H and O–H groups in total. The molecule has 0 spiro atoms. The lowest BCUT2D eigenvalue weighted by Crippen LogP contribution is -2.26. The van der Waals surface area contributed by atoms with Crippen LogP contribution in [0.15, 0.2) is 35.3 Å². The lowest BCUT2D eigenvalue weighted by atomic mass is 10.1. The van der Waals surface area contributed by atoms with Crippen LogP contribution in [0.5, 0.6) is 0 Å². The molecule has 1 aromatic carbocycles. The number of carbonyl (C=O) groups excluding carboxylic acids is 1. The predicted octanol–water partition coefficient (Wildman–Crippen LogP) is 2.29. The molecular weight excluding hydrogens is 260 g/mol. The van der Waals surface area contributed by atoms with Crippen LogP contribution < -0.4 is 0 Å². The Bertz CT molecular complexity index is 704. The number of aromatic nitrogens is 3. The standard InChI is InChI=1S/C13H12N4OS/c1-17(6-11-7-19-8-14-11)13(18)9-2-3-10-5-15-16-12(10)4-9/h2-5,7-8H,6H2,1H3,(H,15,16). The largest absolute Gasteiger partial charge is 0.336 e. The Labute approximate surface area is 113 Å². The van der Waals surface area contributed by atoms with Crippen LogP contribution in [0.25, 0.3) is 10.9 Å². The Morgan fingerprint density at radius 1 is 1.47 bits per heavy atom. The fourth-order valence-corrected chi connectivity index (χ4v) is 2.47. The molecule has 0 fully saturated rings. The van der Waals surface area contributed by atoms with Gasteiger partial charge in [-0.3, -0.25) is 9.89 Å². The number of hydrogen-bond acceptors (Lipinski definition) is 4. The van der Waals surface area contributed by atoms with E-state index in [4.69, 9.17) is 0 Å². The molecule has 0 bridgehead atoms. The molecule has 1 amide bonds. The van der Waals surface area contributed by atoms with E-state index in [1.165, 1.54) is 11.3 Å². The Kier molecular flexibility index (Phi) is 3.00. The Balaban J connectivity index is 1.82. The van der Waals surface area contributed by atoms with Crippen LogP contribution in [0.3, 0.4) is 0 Å². The summed E-state index contributed by atoms with van der Waals surface area (Å²) in [5.74, 6) is -0.0236. The number of aromatic amines is 1. The SMILES string of the molecule is CN(Cc1cscn1)C(=O)c1ccc2cn[nH]c2c1. The third-order valence-electron chi connectivity index (χ3n) is 2.92. The Hall–Kier alpha value is -2.21. The van der Waals surface area contributed by atoms with Gasteiger partial charge in [0.2, 0.25) is 0 Å². The summed E-state index contributed by atoms with van der Waals surface area (Å²) in [4.78, 5) is 18.1. The van der Waals surface area contributed by atoms with Crippen molar-refractivity contribution in [2.24, 2.45) is 0 Å². The predicted molar refractivity (Wildman–Crippen MR) is 74.0 cm³/mol. The molecule has 0 unspecified atom stereocenters. The van der Waals surface area contributed by atoms with Crippen molar-refractivity contribution < 1.29 is 4.79 Å². The van der Waals surface area contributed by atoms with Gasteiger partial charge in [0.15, 0.2) is 0 Å². The van der Waals surface area contributed by atoms with Gasteiger partial charge in [-0.2, -0.15) is 5.10 Å². The van der Waals surface area contributed by atoms with E-state index in [1.807, 2.05) is 23.6 Å². The van der Waals surface area contributed by atoms with Crippen LogP contribution in [-0.2, 0) is 6.54 Å². The number of fused-ring (bicyclic) bond motifs is 1. The molecule has 5 nitrogen and oxygen atoms in total. The van der Waals surface area contributed by atoms with E-state index >= 15 is 0 Å². The van der Waals surface area contributed by atoms with Crippen molar-refractivity contribution in [2.45, 2.75) is 6.54 Å².